The highest BCUT2D eigenvalue weighted by Gasteiger charge is 2.48. The lowest BCUT2D eigenvalue weighted by Crippen LogP contribution is -2.41. The molecule has 2 aromatic rings. The first-order chi connectivity index (χ1) is 13.1. The molecule has 0 unspecified atom stereocenters. The van der Waals surface area contributed by atoms with Crippen LogP contribution in [0.3, 0.4) is 0 Å². The molecule has 1 heterocycles. The van der Waals surface area contributed by atoms with E-state index >= 15 is 0 Å². The first-order valence-electron chi connectivity index (χ1n) is 9.03. The molecule has 1 fully saturated rings. The Hall–Kier alpha value is -3.15. The van der Waals surface area contributed by atoms with E-state index in [1.807, 2.05) is 31.2 Å². The molecule has 0 bridgehead atoms. The Morgan fingerprint density at radius 2 is 1.67 bits per heavy atom. The van der Waals surface area contributed by atoms with Crippen LogP contribution in [0.15, 0.2) is 54.6 Å². The number of para-hydroxylation sites is 1. The normalized spacial score (nSPS) is 16.7. The van der Waals surface area contributed by atoms with E-state index in [0.29, 0.717) is 12.3 Å². The maximum absolute atomic E-state index is 13.0. The van der Waals surface area contributed by atoms with E-state index in [9.17, 15) is 14.4 Å². The topological polar surface area (TPSA) is 66.9 Å². The number of imide groups is 2. The summed E-state index contributed by atoms with van der Waals surface area (Å²) in [6.07, 6.45) is 0.424. The van der Waals surface area contributed by atoms with Crippen molar-refractivity contribution in [3.05, 3.63) is 60.2 Å². The largest absolute Gasteiger partial charge is 0.494 e. The van der Waals surface area contributed by atoms with Crippen molar-refractivity contribution in [1.29, 1.82) is 0 Å². The number of hydrogen-bond acceptors (Lipinski definition) is 4. The zero-order valence-electron chi connectivity index (χ0n) is 15.4. The SMILES string of the molecule is CCOc1ccc(C[C@H]2C(=O)N(c3ccccc3)C(=O)N2C(=O)CC)cc1. The third-order valence-corrected chi connectivity index (χ3v) is 4.46. The number of anilines is 1. The molecule has 0 saturated carbocycles. The maximum Gasteiger partial charge on any atom is 0.338 e. The zero-order chi connectivity index (χ0) is 19.4. The molecule has 140 valence electrons. The molecule has 1 atom stereocenters. The van der Waals surface area contributed by atoms with Crippen molar-refractivity contribution in [3.63, 3.8) is 0 Å². The number of hydrogen-bond donors (Lipinski definition) is 0. The first-order valence-corrected chi connectivity index (χ1v) is 9.03. The maximum atomic E-state index is 13.0. The second-order valence-electron chi connectivity index (χ2n) is 6.21. The zero-order valence-corrected chi connectivity index (χ0v) is 15.4. The van der Waals surface area contributed by atoms with Gasteiger partial charge >= 0.3 is 6.03 Å². The summed E-state index contributed by atoms with van der Waals surface area (Å²) in [6, 6.07) is 14.6. The molecule has 1 aliphatic rings. The van der Waals surface area contributed by atoms with Crippen molar-refractivity contribution in [2.24, 2.45) is 0 Å². The van der Waals surface area contributed by atoms with Gasteiger partial charge in [-0.2, -0.15) is 0 Å². The quantitative estimate of drug-likeness (QED) is 0.735. The lowest BCUT2D eigenvalue weighted by atomic mass is 10.0. The van der Waals surface area contributed by atoms with Crippen LogP contribution in [0.1, 0.15) is 25.8 Å². The number of urea groups is 1. The van der Waals surface area contributed by atoms with Crippen molar-refractivity contribution in [2.75, 3.05) is 11.5 Å². The van der Waals surface area contributed by atoms with E-state index < -0.39 is 12.1 Å². The van der Waals surface area contributed by atoms with Crippen LogP contribution in [0.5, 0.6) is 5.75 Å². The van der Waals surface area contributed by atoms with Gasteiger partial charge in [0.2, 0.25) is 5.91 Å². The monoisotopic (exact) mass is 366 g/mol. The molecule has 2 aromatic carbocycles. The van der Waals surface area contributed by atoms with E-state index in [4.69, 9.17) is 4.74 Å². The van der Waals surface area contributed by atoms with Crippen molar-refractivity contribution < 1.29 is 19.1 Å². The summed E-state index contributed by atoms with van der Waals surface area (Å²) in [6.45, 7) is 4.15. The highest BCUT2D eigenvalue weighted by Crippen LogP contribution is 2.28. The van der Waals surface area contributed by atoms with Gasteiger partial charge in [0, 0.05) is 12.8 Å². The number of rotatable bonds is 6. The van der Waals surface area contributed by atoms with Gasteiger partial charge in [-0.3, -0.25) is 14.5 Å². The van der Waals surface area contributed by atoms with Gasteiger partial charge in [-0.1, -0.05) is 37.3 Å². The third kappa shape index (κ3) is 3.69. The fourth-order valence-electron chi connectivity index (χ4n) is 3.15. The third-order valence-electron chi connectivity index (χ3n) is 4.46. The molecule has 6 nitrogen and oxygen atoms in total. The molecule has 4 amide bonds. The standard InChI is InChI=1S/C21H22N2O4/c1-3-19(24)23-18(14-15-10-12-17(13-11-15)27-4-2)20(25)22(21(23)26)16-8-6-5-7-9-16/h5-13,18H,3-4,14H2,1-2H3/t18-/m0/s1. The summed E-state index contributed by atoms with van der Waals surface area (Å²) in [5, 5.41) is 0. The Labute approximate surface area is 158 Å². The van der Waals surface area contributed by atoms with Crippen molar-refractivity contribution >= 4 is 23.5 Å². The van der Waals surface area contributed by atoms with Crippen molar-refractivity contribution in [2.45, 2.75) is 32.7 Å². The number of ether oxygens (including phenoxy) is 1. The lowest BCUT2D eigenvalue weighted by Gasteiger charge is -2.19. The van der Waals surface area contributed by atoms with Gasteiger partial charge in [-0.25, -0.2) is 9.69 Å². The van der Waals surface area contributed by atoms with E-state index in [1.165, 1.54) is 0 Å². The Kier molecular flexibility index (Phi) is 5.54. The van der Waals surface area contributed by atoms with Crippen LogP contribution in [0.4, 0.5) is 10.5 Å². The average molecular weight is 366 g/mol. The van der Waals surface area contributed by atoms with Crippen LogP contribution >= 0.6 is 0 Å². The first kappa shape index (κ1) is 18.6. The van der Waals surface area contributed by atoms with Crippen LogP contribution in [-0.2, 0) is 16.0 Å². The van der Waals surface area contributed by atoms with Crippen LogP contribution < -0.4 is 9.64 Å². The van der Waals surface area contributed by atoms with Crippen LogP contribution in [-0.4, -0.2) is 35.4 Å². The number of benzene rings is 2. The fourth-order valence-corrected chi connectivity index (χ4v) is 3.15. The second kappa shape index (κ2) is 8.03. The van der Waals surface area contributed by atoms with Gasteiger partial charge < -0.3 is 4.74 Å². The molecule has 1 aliphatic heterocycles. The van der Waals surface area contributed by atoms with Gasteiger partial charge in [0.15, 0.2) is 0 Å². The van der Waals surface area contributed by atoms with Gasteiger partial charge in [0.05, 0.1) is 12.3 Å². The number of amides is 4. The minimum atomic E-state index is -0.844. The molecule has 0 spiro atoms. The molecule has 3 rings (SSSR count). The molecule has 1 saturated heterocycles. The number of carbonyl (C=O) groups is 3. The predicted molar refractivity (Wildman–Crippen MR) is 102 cm³/mol. The summed E-state index contributed by atoms with van der Waals surface area (Å²) >= 11 is 0. The smallest absolute Gasteiger partial charge is 0.338 e. The van der Waals surface area contributed by atoms with Gasteiger partial charge in [0.1, 0.15) is 11.8 Å². The molecule has 0 aromatic heterocycles. The van der Waals surface area contributed by atoms with E-state index in [1.54, 1.807) is 37.3 Å². The second-order valence-corrected chi connectivity index (χ2v) is 6.21. The Bertz CT molecular complexity index is 833. The van der Waals surface area contributed by atoms with E-state index in [-0.39, 0.29) is 24.7 Å². The highest BCUT2D eigenvalue weighted by atomic mass is 16.5. The fraction of sp³-hybridized carbons (Fsp3) is 0.286. The molecular formula is C21H22N2O4. The Morgan fingerprint density at radius 3 is 2.26 bits per heavy atom. The van der Waals surface area contributed by atoms with Crippen LogP contribution in [0.25, 0.3) is 0 Å². The molecular weight excluding hydrogens is 344 g/mol. The number of carbonyl (C=O) groups excluding carboxylic acids is 3. The molecule has 0 N–H and O–H groups in total. The van der Waals surface area contributed by atoms with Gasteiger partial charge in [-0.15, -0.1) is 0 Å². The van der Waals surface area contributed by atoms with E-state index in [2.05, 4.69) is 0 Å². The Balaban J connectivity index is 1.90. The number of nitrogens with zero attached hydrogens (tertiary/aromatic N) is 2. The minimum absolute atomic E-state index is 0.154. The summed E-state index contributed by atoms with van der Waals surface area (Å²) in [7, 11) is 0. The predicted octanol–water partition coefficient (Wildman–Crippen LogP) is 3.40. The van der Waals surface area contributed by atoms with Crippen molar-refractivity contribution in [3.8, 4) is 5.75 Å². The summed E-state index contributed by atoms with van der Waals surface area (Å²) in [4.78, 5) is 40.4. The molecule has 0 aliphatic carbocycles. The summed E-state index contributed by atoms with van der Waals surface area (Å²) in [5.74, 6) is -0.00733. The molecule has 6 heteroatoms. The van der Waals surface area contributed by atoms with Gasteiger partial charge in [0.25, 0.3) is 5.91 Å². The Morgan fingerprint density at radius 1 is 1.00 bits per heavy atom. The summed E-state index contributed by atoms with van der Waals surface area (Å²) < 4.78 is 5.43. The minimum Gasteiger partial charge on any atom is -0.494 e. The average Bonchev–Trinajstić information content (AvgIpc) is 2.93. The lowest BCUT2D eigenvalue weighted by molar-refractivity contribution is -0.132. The highest BCUT2D eigenvalue weighted by molar-refractivity contribution is 6.25. The molecule has 0 radical (unpaired) electrons. The van der Waals surface area contributed by atoms with Crippen LogP contribution in [0, 0.1) is 0 Å². The van der Waals surface area contributed by atoms with Gasteiger partial charge in [-0.05, 0) is 36.8 Å². The molecule has 27 heavy (non-hydrogen) atoms. The summed E-state index contributed by atoms with van der Waals surface area (Å²) in [5.41, 5.74) is 1.32. The van der Waals surface area contributed by atoms with E-state index in [0.717, 1.165) is 21.1 Å². The van der Waals surface area contributed by atoms with Crippen molar-refractivity contribution in [1.82, 2.24) is 4.90 Å². The van der Waals surface area contributed by atoms with Crippen LogP contribution in [0.2, 0.25) is 0 Å².